The average molecular weight is 369 g/mol. The molecule has 2 aromatic rings. The van der Waals surface area contributed by atoms with Crippen LogP contribution in [0.1, 0.15) is 16.7 Å². The number of nitrogens with one attached hydrogen (secondary N) is 2. The third-order valence-electron chi connectivity index (χ3n) is 3.49. The summed E-state index contributed by atoms with van der Waals surface area (Å²) in [5, 5.41) is 7.46. The largest absolute Gasteiger partial charge is 0.493 e. The lowest BCUT2D eigenvalue weighted by Crippen LogP contribution is -2.31. The van der Waals surface area contributed by atoms with E-state index in [-0.39, 0.29) is 0 Å². The standard InChI is InChI=1S/C20H23N3O2S/c1-4-11-21-20(26)23-22-13-17-9-10-18(19(12-17)24-3)25-14-16-7-5-15(2)6-8-16/h4-10,12-13H,1,11,14H2,2-3H3,(H2,21,23,26). The van der Waals surface area contributed by atoms with E-state index >= 15 is 0 Å². The molecule has 0 saturated carbocycles. The number of benzene rings is 2. The second-order valence-electron chi connectivity index (χ2n) is 5.55. The minimum atomic E-state index is 0.436. The quantitative estimate of drug-likeness (QED) is 0.322. The maximum absolute atomic E-state index is 5.87. The van der Waals surface area contributed by atoms with Gasteiger partial charge in [-0.2, -0.15) is 5.10 Å². The van der Waals surface area contributed by atoms with Gasteiger partial charge in [-0.3, -0.25) is 5.43 Å². The van der Waals surface area contributed by atoms with Crippen molar-refractivity contribution >= 4 is 23.5 Å². The summed E-state index contributed by atoms with van der Waals surface area (Å²) in [6.45, 7) is 6.74. The molecule has 0 atom stereocenters. The summed E-state index contributed by atoms with van der Waals surface area (Å²) in [5.41, 5.74) is 5.93. The number of hydrazone groups is 1. The molecule has 0 unspecified atom stereocenters. The van der Waals surface area contributed by atoms with Gasteiger partial charge in [-0.1, -0.05) is 35.9 Å². The van der Waals surface area contributed by atoms with Gasteiger partial charge in [0.25, 0.3) is 0 Å². The van der Waals surface area contributed by atoms with Crippen molar-refractivity contribution in [1.82, 2.24) is 10.7 Å². The van der Waals surface area contributed by atoms with Crippen molar-refractivity contribution in [3.05, 3.63) is 71.8 Å². The first-order valence-corrected chi connectivity index (χ1v) is 8.57. The molecule has 0 fully saturated rings. The van der Waals surface area contributed by atoms with Gasteiger partial charge in [-0.25, -0.2) is 0 Å². The van der Waals surface area contributed by atoms with E-state index < -0.39 is 0 Å². The van der Waals surface area contributed by atoms with Crippen molar-refractivity contribution in [1.29, 1.82) is 0 Å². The normalized spacial score (nSPS) is 10.4. The highest BCUT2D eigenvalue weighted by Gasteiger charge is 2.05. The SMILES string of the molecule is C=CCNC(=S)NN=Cc1ccc(OCc2ccc(C)cc2)c(OC)c1. The first-order valence-electron chi connectivity index (χ1n) is 8.16. The van der Waals surface area contributed by atoms with Gasteiger partial charge in [0.2, 0.25) is 0 Å². The number of aryl methyl sites for hydroxylation is 1. The first-order chi connectivity index (χ1) is 12.6. The molecule has 6 heteroatoms. The van der Waals surface area contributed by atoms with Gasteiger partial charge in [-0.15, -0.1) is 6.58 Å². The molecule has 0 amide bonds. The van der Waals surface area contributed by atoms with E-state index in [4.69, 9.17) is 21.7 Å². The molecule has 0 aliphatic rings. The van der Waals surface area contributed by atoms with E-state index in [9.17, 15) is 0 Å². The number of hydrogen-bond acceptors (Lipinski definition) is 4. The molecular formula is C20H23N3O2S. The fraction of sp³-hybridized carbons (Fsp3) is 0.200. The maximum atomic E-state index is 5.87. The van der Waals surface area contributed by atoms with Gasteiger partial charge in [0, 0.05) is 6.54 Å². The van der Waals surface area contributed by atoms with Crippen molar-refractivity contribution in [3.8, 4) is 11.5 Å². The number of rotatable bonds is 8. The Bertz CT molecular complexity index is 773. The number of hydrogen-bond donors (Lipinski definition) is 2. The van der Waals surface area contributed by atoms with Crippen molar-refractivity contribution in [2.45, 2.75) is 13.5 Å². The van der Waals surface area contributed by atoms with E-state index in [1.807, 2.05) is 18.2 Å². The molecule has 2 N–H and O–H groups in total. The summed E-state index contributed by atoms with van der Waals surface area (Å²) in [6.07, 6.45) is 3.38. The van der Waals surface area contributed by atoms with Crippen LogP contribution in [-0.2, 0) is 6.61 Å². The molecule has 136 valence electrons. The summed E-state index contributed by atoms with van der Waals surface area (Å²) in [7, 11) is 1.61. The maximum Gasteiger partial charge on any atom is 0.187 e. The fourth-order valence-corrected chi connectivity index (χ4v) is 2.23. The molecular weight excluding hydrogens is 346 g/mol. The highest BCUT2D eigenvalue weighted by Crippen LogP contribution is 2.28. The van der Waals surface area contributed by atoms with Gasteiger partial charge < -0.3 is 14.8 Å². The van der Waals surface area contributed by atoms with Gasteiger partial charge in [-0.05, 0) is 48.5 Å². The predicted octanol–water partition coefficient (Wildman–Crippen LogP) is 3.57. The topological polar surface area (TPSA) is 54.9 Å². The zero-order chi connectivity index (χ0) is 18.8. The van der Waals surface area contributed by atoms with Crippen LogP contribution in [0.2, 0.25) is 0 Å². The van der Waals surface area contributed by atoms with E-state index in [2.05, 4.69) is 53.6 Å². The summed E-state index contributed by atoms with van der Waals surface area (Å²) < 4.78 is 11.3. The van der Waals surface area contributed by atoms with Crippen LogP contribution in [0.3, 0.4) is 0 Å². The Morgan fingerprint density at radius 1 is 1.19 bits per heavy atom. The van der Waals surface area contributed by atoms with Crippen LogP contribution in [0, 0.1) is 6.92 Å². The van der Waals surface area contributed by atoms with Crippen LogP contribution in [0.4, 0.5) is 0 Å². The Labute approximate surface area is 159 Å². The second-order valence-corrected chi connectivity index (χ2v) is 5.96. The average Bonchev–Trinajstić information content (AvgIpc) is 2.66. The molecule has 0 aliphatic carbocycles. The van der Waals surface area contributed by atoms with Gasteiger partial charge in [0.1, 0.15) is 6.61 Å². The van der Waals surface area contributed by atoms with Crippen molar-refractivity contribution in [2.75, 3.05) is 13.7 Å². The molecule has 0 bridgehead atoms. The molecule has 2 rings (SSSR count). The lowest BCUT2D eigenvalue weighted by atomic mass is 10.2. The Hall–Kier alpha value is -2.86. The molecule has 5 nitrogen and oxygen atoms in total. The van der Waals surface area contributed by atoms with Crippen LogP contribution in [0.25, 0.3) is 0 Å². The zero-order valence-electron chi connectivity index (χ0n) is 15.0. The Balaban J connectivity index is 1.96. The predicted molar refractivity (Wildman–Crippen MR) is 110 cm³/mol. The summed E-state index contributed by atoms with van der Waals surface area (Å²) in [5.74, 6) is 1.33. The molecule has 0 radical (unpaired) electrons. The summed E-state index contributed by atoms with van der Waals surface area (Å²) in [6, 6.07) is 13.9. The fourth-order valence-electron chi connectivity index (χ4n) is 2.10. The third-order valence-corrected chi connectivity index (χ3v) is 3.72. The van der Waals surface area contributed by atoms with E-state index in [0.717, 1.165) is 11.1 Å². The van der Waals surface area contributed by atoms with Gasteiger partial charge in [0.05, 0.1) is 13.3 Å². The molecule has 0 spiro atoms. The van der Waals surface area contributed by atoms with Crippen molar-refractivity contribution in [3.63, 3.8) is 0 Å². The van der Waals surface area contributed by atoms with Crippen molar-refractivity contribution < 1.29 is 9.47 Å². The molecule has 2 aromatic carbocycles. The smallest absolute Gasteiger partial charge is 0.187 e. The monoisotopic (exact) mass is 369 g/mol. The van der Waals surface area contributed by atoms with Crippen LogP contribution in [0.5, 0.6) is 11.5 Å². The number of methoxy groups -OCH3 is 1. The van der Waals surface area contributed by atoms with Crippen LogP contribution in [-0.4, -0.2) is 25.0 Å². The summed E-state index contributed by atoms with van der Waals surface area (Å²) >= 11 is 5.06. The van der Waals surface area contributed by atoms with Crippen LogP contribution in [0.15, 0.2) is 60.2 Å². The molecule has 26 heavy (non-hydrogen) atoms. The molecule has 0 heterocycles. The van der Waals surface area contributed by atoms with Crippen LogP contribution >= 0.6 is 12.2 Å². The Morgan fingerprint density at radius 2 is 1.96 bits per heavy atom. The highest BCUT2D eigenvalue weighted by atomic mass is 32.1. The second kappa shape index (κ2) is 10.2. The number of thiocarbonyl (C=S) groups is 1. The van der Waals surface area contributed by atoms with Crippen molar-refractivity contribution in [2.24, 2.45) is 5.10 Å². The third kappa shape index (κ3) is 6.22. The zero-order valence-corrected chi connectivity index (χ0v) is 15.8. The highest BCUT2D eigenvalue weighted by molar-refractivity contribution is 7.80. The Morgan fingerprint density at radius 3 is 2.65 bits per heavy atom. The first kappa shape index (κ1) is 19.5. The number of ether oxygens (including phenoxy) is 2. The van der Waals surface area contributed by atoms with E-state index in [0.29, 0.717) is 29.8 Å². The van der Waals surface area contributed by atoms with Crippen LogP contribution < -0.4 is 20.2 Å². The lowest BCUT2D eigenvalue weighted by molar-refractivity contribution is 0.284. The number of nitrogens with zero attached hydrogens (tertiary/aromatic N) is 1. The van der Waals surface area contributed by atoms with Gasteiger partial charge in [0.15, 0.2) is 16.6 Å². The van der Waals surface area contributed by atoms with E-state index in [1.54, 1.807) is 19.4 Å². The molecule has 0 saturated heterocycles. The minimum Gasteiger partial charge on any atom is -0.493 e. The minimum absolute atomic E-state index is 0.436. The van der Waals surface area contributed by atoms with Gasteiger partial charge >= 0.3 is 0 Å². The summed E-state index contributed by atoms with van der Waals surface area (Å²) in [4.78, 5) is 0. The Kier molecular flexibility index (Phi) is 7.64. The van der Waals surface area contributed by atoms with E-state index in [1.165, 1.54) is 5.56 Å². The lowest BCUT2D eigenvalue weighted by Gasteiger charge is -2.11. The molecule has 0 aromatic heterocycles. The molecule has 0 aliphatic heterocycles.